The van der Waals surface area contributed by atoms with Crippen LogP contribution in [0.5, 0.6) is 0 Å². The quantitative estimate of drug-likeness (QED) is 0.922. The van der Waals surface area contributed by atoms with Gasteiger partial charge in [-0.15, -0.1) is 0 Å². The van der Waals surface area contributed by atoms with E-state index in [2.05, 4.69) is 21.3 Å². The Hall–Kier alpha value is -2.61. The van der Waals surface area contributed by atoms with E-state index in [1.54, 1.807) is 6.92 Å². The summed E-state index contributed by atoms with van der Waals surface area (Å²) in [5.74, 6) is 0.807. The minimum Gasteiger partial charge on any atom is -0.355 e. The summed E-state index contributed by atoms with van der Waals surface area (Å²) in [5, 5.41) is 13.2. The number of carbonyl (C=O) groups excluding carboxylic acids is 1. The summed E-state index contributed by atoms with van der Waals surface area (Å²) in [5.41, 5.74) is 1.47. The molecule has 1 atom stereocenters. The molecule has 1 amide bonds. The first kappa shape index (κ1) is 14.3. The van der Waals surface area contributed by atoms with Gasteiger partial charge in [-0.3, -0.25) is 4.79 Å². The highest BCUT2D eigenvalue weighted by Crippen LogP contribution is 2.24. The Morgan fingerprint density at radius 1 is 1.45 bits per heavy atom. The van der Waals surface area contributed by atoms with E-state index in [-0.39, 0.29) is 11.9 Å². The fourth-order valence-corrected chi connectivity index (χ4v) is 3.01. The van der Waals surface area contributed by atoms with Gasteiger partial charge in [0, 0.05) is 31.4 Å². The van der Waals surface area contributed by atoms with Gasteiger partial charge in [0.25, 0.3) is 0 Å². The monoisotopic (exact) mass is 294 g/mol. The van der Waals surface area contributed by atoms with Crippen LogP contribution >= 0.6 is 0 Å². The van der Waals surface area contributed by atoms with Crippen molar-refractivity contribution in [2.45, 2.75) is 25.8 Å². The van der Waals surface area contributed by atoms with Crippen LogP contribution in [-0.2, 0) is 4.79 Å². The van der Waals surface area contributed by atoms with Gasteiger partial charge < -0.3 is 10.2 Å². The molecule has 1 fully saturated rings. The first-order chi connectivity index (χ1) is 10.7. The third kappa shape index (κ3) is 2.86. The van der Waals surface area contributed by atoms with Gasteiger partial charge in [0.1, 0.15) is 5.82 Å². The van der Waals surface area contributed by atoms with Crippen molar-refractivity contribution in [1.29, 1.82) is 5.26 Å². The van der Waals surface area contributed by atoms with Crippen molar-refractivity contribution in [2.24, 2.45) is 0 Å². The highest BCUT2D eigenvalue weighted by atomic mass is 16.1. The third-order valence-corrected chi connectivity index (χ3v) is 3.98. The zero-order valence-corrected chi connectivity index (χ0v) is 12.5. The number of rotatable bonds is 2. The van der Waals surface area contributed by atoms with E-state index < -0.39 is 0 Å². The van der Waals surface area contributed by atoms with E-state index in [1.807, 2.05) is 30.3 Å². The lowest BCUT2D eigenvalue weighted by molar-refractivity contribution is -0.119. The SMILES string of the molecule is CC(=O)N[C@H]1CCCN(c2cc(C#N)c3ccccc3n2)C1. The summed E-state index contributed by atoms with van der Waals surface area (Å²) in [7, 11) is 0. The van der Waals surface area contributed by atoms with Crippen LogP contribution in [0.2, 0.25) is 0 Å². The molecule has 22 heavy (non-hydrogen) atoms. The normalized spacial score (nSPS) is 18.0. The molecule has 112 valence electrons. The Labute approximate surface area is 129 Å². The van der Waals surface area contributed by atoms with E-state index in [0.717, 1.165) is 42.7 Å². The number of para-hydroxylation sites is 1. The molecule has 1 saturated heterocycles. The fourth-order valence-electron chi connectivity index (χ4n) is 3.01. The third-order valence-electron chi connectivity index (χ3n) is 3.98. The molecule has 0 radical (unpaired) electrons. The maximum Gasteiger partial charge on any atom is 0.217 e. The van der Waals surface area contributed by atoms with Crippen molar-refractivity contribution >= 4 is 22.6 Å². The molecule has 2 heterocycles. The molecule has 0 aliphatic carbocycles. The maximum atomic E-state index is 11.2. The van der Waals surface area contributed by atoms with Gasteiger partial charge in [-0.2, -0.15) is 5.26 Å². The zero-order chi connectivity index (χ0) is 15.5. The number of anilines is 1. The van der Waals surface area contributed by atoms with Gasteiger partial charge in [0.2, 0.25) is 5.91 Å². The fraction of sp³-hybridized carbons (Fsp3) is 0.353. The summed E-state index contributed by atoms with van der Waals surface area (Å²) in [4.78, 5) is 18.1. The summed E-state index contributed by atoms with van der Waals surface area (Å²) in [6, 6.07) is 11.9. The van der Waals surface area contributed by atoms with Gasteiger partial charge in [0.05, 0.1) is 17.1 Å². The lowest BCUT2D eigenvalue weighted by Gasteiger charge is -2.34. The summed E-state index contributed by atoms with van der Waals surface area (Å²) < 4.78 is 0. The number of benzene rings is 1. The number of hydrogen-bond acceptors (Lipinski definition) is 4. The number of nitrogens with zero attached hydrogens (tertiary/aromatic N) is 3. The van der Waals surface area contributed by atoms with Crippen LogP contribution < -0.4 is 10.2 Å². The van der Waals surface area contributed by atoms with Crippen molar-refractivity contribution in [3.63, 3.8) is 0 Å². The topological polar surface area (TPSA) is 69.0 Å². The van der Waals surface area contributed by atoms with Crippen molar-refractivity contribution < 1.29 is 4.79 Å². The Bertz CT molecular complexity index is 750. The standard InChI is InChI=1S/C17H18N4O/c1-12(22)19-14-5-4-8-21(11-14)17-9-13(10-18)15-6-2-3-7-16(15)20-17/h2-3,6-7,9,14H,4-5,8,11H2,1H3,(H,19,22)/t14-/m0/s1. The average Bonchev–Trinajstić information content (AvgIpc) is 2.53. The molecule has 0 spiro atoms. The number of aromatic nitrogens is 1. The highest BCUT2D eigenvalue weighted by Gasteiger charge is 2.22. The molecule has 1 aliphatic rings. The van der Waals surface area contributed by atoms with Crippen LogP contribution in [0.3, 0.4) is 0 Å². The van der Waals surface area contributed by atoms with Crippen LogP contribution in [0, 0.1) is 11.3 Å². The molecular formula is C17H18N4O. The smallest absolute Gasteiger partial charge is 0.217 e. The average molecular weight is 294 g/mol. The molecule has 0 saturated carbocycles. The minimum absolute atomic E-state index is 0.00367. The van der Waals surface area contributed by atoms with E-state index in [9.17, 15) is 10.1 Å². The Balaban J connectivity index is 1.92. The van der Waals surface area contributed by atoms with Gasteiger partial charge in [0.15, 0.2) is 0 Å². The summed E-state index contributed by atoms with van der Waals surface area (Å²) in [6.07, 6.45) is 1.98. The zero-order valence-electron chi connectivity index (χ0n) is 12.5. The van der Waals surface area contributed by atoms with E-state index in [0.29, 0.717) is 5.56 Å². The number of nitriles is 1. The first-order valence-electron chi connectivity index (χ1n) is 7.49. The Morgan fingerprint density at radius 2 is 2.27 bits per heavy atom. The second-order valence-electron chi connectivity index (χ2n) is 5.64. The molecular weight excluding hydrogens is 276 g/mol. The van der Waals surface area contributed by atoms with Gasteiger partial charge >= 0.3 is 0 Å². The van der Waals surface area contributed by atoms with Crippen LogP contribution in [0.15, 0.2) is 30.3 Å². The van der Waals surface area contributed by atoms with Crippen molar-refractivity contribution in [1.82, 2.24) is 10.3 Å². The Morgan fingerprint density at radius 3 is 3.05 bits per heavy atom. The number of amides is 1. The lowest BCUT2D eigenvalue weighted by Crippen LogP contribution is -2.47. The minimum atomic E-state index is -0.00367. The van der Waals surface area contributed by atoms with Gasteiger partial charge in [-0.05, 0) is 25.0 Å². The number of nitrogens with one attached hydrogen (secondary N) is 1. The van der Waals surface area contributed by atoms with Crippen molar-refractivity contribution in [2.75, 3.05) is 18.0 Å². The second-order valence-corrected chi connectivity index (χ2v) is 5.64. The molecule has 1 aliphatic heterocycles. The van der Waals surface area contributed by atoms with E-state index in [4.69, 9.17) is 0 Å². The summed E-state index contributed by atoms with van der Waals surface area (Å²) >= 11 is 0. The van der Waals surface area contributed by atoms with Crippen LogP contribution in [-0.4, -0.2) is 30.0 Å². The summed E-state index contributed by atoms with van der Waals surface area (Å²) in [6.45, 7) is 3.17. The maximum absolute atomic E-state index is 11.2. The molecule has 5 nitrogen and oxygen atoms in total. The van der Waals surface area contributed by atoms with Crippen molar-refractivity contribution in [3.05, 3.63) is 35.9 Å². The molecule has 3 rings (SSSR count). The van der Waals surface area contributed by atoms with Crippen LogP contribution in [0.1, 0.15) is 25.3 Å². The van der Waals surface area contributed by atoms with E-state index >= 15 is 0 Å². The predicted octanol–water partition coefficient (Wildman–Crippen LogP) is 2.21. The van der Waals surface area contributed by atoms with Gasteiger partial charge in [-0.1, -0.05) is 18.2 Å². The number of pyridine rings is 1. The number of fused-ring (bicyclic) bond motifs is 1. The highest BCUT2D eigenvalue weighted by molar-refractivity contribution is 5.86. The molecule has 1 N–H and O–H groups in total. The Kier molecular flexibility index (Phi) is 3.92. The number of piperidine rings is 1. The number of hydrogen-bond donors (Lipinski definition) is 1. The largest absolute Gasteiger partial charge is 0.355 e. The van der Waals surface area contributed by atoms with Crippen molar-refractivity contribution in [3.8, 4) is 6.07 Å². The van der Waals surface area contributed by atoms with Crippen LogP contribution in [0.4, 0.5) is 5.82 Å². The predicted molar refractivity (Wildman–Crippen MR) is 85.5 cm³/mol. The molecule has 0 unspecified atom stereocenters. The molecule has 1 aromatic heterocycles. The molecule has 5 heteroatoms. The second kappa shape index (κ2) is 6.02. The molecule has 1 aromatic carbocycles. The van der Waals surface area contributed by atoms with Gasteiger partial charge in [-0.25, -0.2) is 4.98 Å². The van der Waals surface area contributed by atoms with E-state index in [1.165, 1.54) is 0 Å². The number of carbonyl (C=O) groups is 1. The molecule has 0 bridgehead atoms. The molecule has 2 aromatic rings. The first-order valence-corrected chi connectivity index (χ1v) is 7.49. The lowest BCUT2D eigenvalue weighted by atomic mass is 10.0. The van der Waals surface area contributed by atoms with Crippen LogP contribution in [0.25, 0.3) is 10.9 Å².